The highest BCUT2D eigenvalue weighted by Crippen LogP contribution is 2.24. The Hall–Kier alpha value is -2.69. The van der Waals surface area contributed by atoms with Crippen molar-refractivity contribution >= 4 is 18.0 Å². The van der Waals surface area contributed by atoms with Gasteiger partial charge in [0.1, 0.15) is 12.4 Å². The fourth-order valence-corrected chi connectivity index (χ4v) is 2.43. The van der Waals surface area contributed by atoms with Gasteiger partial charge in [0.05, 0.1) is 17.6 Å². The Morgan fingerprint density at radius 2 is 1.88 bits per heavy atom. The second kappa shape index (κ2) is 8.61. The van der Waals surface area contributed by atoms with E-state index in [0.29, 0.717) is 11.1 Å². The normalized spacial score (nSPS) is 11.0. The lowest BCUT2D eigenvalue weighted by molar-refractivity contribution is 0.0471. The maximum absolute atomic E-state index is 13.3. The summed E-state index contributed by atoms with van der Waals surface area (Å²) in [4.78, 5) is 18.9. The number of aliphatic imine (C=N–C) groups is 1. The van der Waals surface area contributed by atoms with Crippen LogP contribution >= 0.6 is 0 Å². The monoisotopic (exact) mass is 356 g/mol. The van der Waals surface area contributed by atoms with E-state index in [0.717, 1.165) is 28.9 Å². The number of esters is 1. The molecule has 0 atom stereocenters. The average molecular weight is 356 g/mol. The molecule has 0 spiro atoms. The summed E-state index contributed by atoms with van der Waals surface area (Å²) < 4.78 is 18.7. The molecule has 0 fully saturated rings. The van der Waals surface area contributed by atoms with Crippen molar-refractivity contribution in [2.45, 2.75) is 34.3 Å². The van der Waals surface area contributed by atoms with E-state index in [2.05, 4.69) is 4.99 Å². The predicted molar refractivity (Wildman–Crippen MR) is 103 cm³/mol. The van der Waals surface area contributed by atoms with E-state index >= 15 is 0 Å². The fraction of sp³-hybridized carbons (Fsp3) is 0.333. The van der Waals surface area contributed by atoms with Crippen molar-refractivity contribution in [3.63, 3.8) is 0 Å². The molecule has 0 aliphatic rings. The number of aryl methyl sites for hydroxylation is 3. The van der Waals surface area contributed by atoms with Crippen molar-refractivity contribution in [1.82, 2.24) is 4.90 Å². The summed E-state index contributed by atoms with van der Waals surface area (Å²) >= 11 is 0. The Morgan fingerprint density at radius 1 is 1.15 bits per heavy atom. The molecule has 0 saturated carbocycles. The van der Waals surface area contributed by atoms with Crippen LogP contribution in [0.1, 0.15) is 39.5 Å². The van der Waals surface area contributed by atoms with Crippen molar-refractivity contribution in [3.05, 3.63) is 64.0 Å². The molecule has 0 bridgehead atoms. The van der Waals surface area contributed by atoms with Gasteiger partial charge in [0.15, 0.2) is 0 Å². The van der Waals surface area contributed by atoms with E-state index in [4.69, 9.17) is 4.74 Å². The van der Waals surface area contributed by atoms with Gasteiger partial charge in [0, 0.05) is 13.6 Å². The van der Waals surface area contributed by atoms with Gasteiger partial charge in [-0.2, -0.15) is 0 Å². The first-order chi connectivity index (χ1) is 12.3. The molecule has 0 N–H and O–H groups in total. The summed E-state index contributed by atoms with van der Waals surface area (Å²) in [6.45, 7) is 8.49. The van der Waals surface area contributed by atoms with E-state index < -0.39 is 5.97 Å². The highest BCUT2D eigenvalue weighted by molar-refractivity contribution is 5.92. The van der Waals surface area contributed by atoms with Crippen molar-refractivity contribution in [2.24, 2.45) is 4.99 Å². The van der Waals surface area contributed by atoms with E-state index in [1.165, 1.54) is 6.07 Å². The molecule has 2 aromatic carbocycles. The topological polar surface area (TPSA) is 41.9 Å². The van der Waals surface area contributed by atoms with Gasteiger partial charge >= 0.3 is 5.97 Å². The van der Waals surface area contributed by atoms with Gasteiger partial charge in [-0.15, -0.1) is 0 Å². The molecule has 138 valence electrons. The van der Waals surface area contributed by atoms with Gasteiger partial charge in [-0.05, 0) is 74.2 Å². The maximum atomic E-state index is 13.3. The number of rotatable bonds is 6. The molecule has 0 heterocycles. The van der Waals surface area contributed by atoms with Crippen LogP contribution in [0.25, 0.3) is 0 Å². The molecule has 4 nitrogen and oxygen atoms in total. The highest BCUT2D eigenvalue weighted by Gasteiger charge is 2.13. The summed E-state index contributed by atoms with van der Waals surface area (Å²) in [6.07, 6.45) is 1.77. The number of benzene rings is 2. The lowest BCUT2D eigenvalue weighted by atomic mass is 10.0. The van der Waals surface area contributed by atoms with E-state index in [1.54, 1.807) is 31.5 Å². The minimum atomic E-state index is -0.395. The zero-order chi connectivity index (χ0) is 19.3. The number of carbonyl (C=O) groups excluding carboxylic acids is 1. The van der Waals surface area contributed by atoms with Gasteiger partial charge < -0.3 is 9.64 Å². The number of halogens is 1. The Kier molecular flexibility index (Phi) is 6.50. The van der Waals surface area contributed by atoms with Crippen LogP contribution in [0, 0.1) is 26.6 Å². The van der Waals surface area contributed by atoms with Gasteiger partial charge in [0.25, 0.3) is 0 Å². The van der Waals surface area contributed by atoms with Crippen molar-refractivity contribution in [2.75, 3.05) is 13.6 Å². The van der Waals surface area contributed by atoms with Gasteiger partial charge in [-0.3, -0.25) is 0 Å². The quantitative estimate of drug-likeness (QED) is 0.427. The molecule has 0 saturated heterocycles. The molecule has 26 heavy (non-hydrogen) atoms. The van der Waals surface area contributed by atoms with Crippen LogP contribution in [-0.4, -0.2) is 30.8 Å². The summed E-state index contributed by atoms with van der Waals surface area (Å²) in [5, 5.41) is 0. The minimum absolute atomic E-state index is 0.111. The summed E-state index contributed by atoms with van der Waals surface area (Å²) in [7, 11) is 1.95. The first kappa shape index (κ1) is 19.6. The third-order valence-electron chi connectivity index (χ3n) is 4.25. The lowest BCUT2D eigenvalue weighted by Gasteiger charge is -2.12. The van der Waals surface area contributed by atoms with Gasteiger partial charge in [0.2, 0.25) is 0 Å². The van der Waals surface area contributed by atoms with Crippen LogP contribution in [0.4, 0.5) is 10.1 Å². The smallest absolute Gasteiger partial charge is 0.338 e. The molecule has 2 rings (SSSR count). The second-order valence-electron chi connectivity index (χ2n) is 6.43. The molecule has 0 aromatic heterocycles. The number of ether oxygens (including phenoxy) is 1. The SMILES string of the molecule is CCN(C)C=Nc1cc(C)c(C(=O)OCc2ccc(F)c(C)c2)cc1C. The Labute approximate surface area is 154 Å². The number of carbonyl (C=O) groups is 1. The zero-order valence-corrected chi connectivity index (χ0v) is 16.0. The summed E-state index contributed by atoms with van der Waals surface area (Å²) in [6, 6.07) is 8.37. The van der Waals surface area contributed by atoms with Crippen LogP contribution in [0.3, 0.4) is 0 Å². The third kappa shape index (κ3) is 4.91. The summed E-state index contributed by atoms with van der Waals surface area (Å²) in [5.41, 5.74) is 4.35. The summed E-state index contributed by atoms with van der Waals surface area (Å²) in [5.74, 6) is -0.662. The molecule has 0 amide bonds. The Morgan fingerprint density at radius 3 is 2.54 bits per heavy atom. The Balaban J connectivity index is 2.12. The predicted octanol–water partition coefficient (Wildman–Crippen LogP) is 4.72. The second-order valence-corrected chi connectivity index (χ2v) is 6.43. The van der Waals surface area contributed by atoms with Gasteiger partial charge in [-0.1, -0.05) is 6.07 Å². The van der Waals surface area contributed by atoms with Gasteiger partial charge in [-0.25, -0.2) is 14.2 Å². The van der Waals surface area contributed by atoms with Crippen molar-refractivity contribution in [1.29, 1.82) is 0 Å². The molecular weight excluding hydrogens is 331 g/mol. The van der Waals surface area contributed by atoms with Crippen molar-refractivity contribution < 1.29 is 13.9 Å². The average Bonchev–Trinajstić information content (AvgIpc) is 2.62. The minimum Gasteiger partial charge on any atom is -0.457 e. The van der Waals surface area contributed by atoms with E-state index in [1.807, 2.05) is 38.8 Å². The largest absolute Gasteiger partial charge is 0.457 e. The lowest BCUT2D eigenvalue weighted by Crippen LogP contribution is -2.14. The zero-order valence-electron chi connectivity index (χ0n) is 16.0. The van der Waals surface area contributed by atoms with E-state index in [-0.39, 0.29) is 12.4 Å². The molecule has 0 unspecified atom stereocenters. The molecule has 0 aliphatic carbocycles. The number of hydrogen-bond acceptors (Lipinski definition) is 3. The molecular formula is C21H25FN2O2. The van der Waals surface area contributed by atoms with Crippen LogP contribution in [0.2, 0.25) is 0 Å². The van der Waals surface area contributed by atoms with Crippen LogP contribution in [-0.2, 0) is 11.3 Å². The van der Waals surface area contributed by atoms with Crippen LogP contribution < -0.4 is 0 Å². The third-order valence-corrected chi connectivity index (χ3v) is 4.25. The van der Waals surface area contributed by atoms with Crippen molar-refractivity contribution in [3.8, 4) is 0 Å². The number of hydrogen-bond donors (Lipinski definition) is 0. The molecule has 2 aromatic rings. The first-order valence-electron chi connectivity index (χ1n) is 8.59. The molecule has 5 heteroatoms. The first-order valence-corrected chi connectivity index (χ1v) is 8.59. The Bertz CT molecular complexity index is 831. The highest BCUT2D eigenvalue weighted by atomic mass is 19.1. The standard InChI is InChI=1S/C21H25FN2O2/c1-6-24(5)13-23-20-11-14(2)18(10-16(20)4)21(25)26-12-17-7-8-19(22)15(3)9-17/h7-11,13H,6,12H2,1-5H3. The van der Waals surface area contributed by atoms with Crippen LogP contribution in [0.15, 0.2) is 35.3 Å². The maximum Gasteiger partial charge on any atom is 0.338 e. The van der Waals surface area contributed by atoms with Crippen LogP contribution in [0.5, 0.6) is 0 Å². The molecule has 0 aliphatic heterocycles. The molecule has 0 radical (unpaired) electrons. The number of nitrogens with zero attached hydrogens (tertiary/aromatic N) is 2. The fourth-order valence-electron chi connectivity index (χ4n) is 2.43. The van der Waals surface area contributed by atoms with E-state index in [9.17, 15) is 9.18 Å².